The summed E-state index contributed by atoms with van der Waals surface area (Å²) in [6.07, 6.45) is 0.0693. The van der Waals surface area contributed by atoms with E-state index in [4.69, 9.17) is 0 Å². The molecule has 0 spiro atoms. The van der Waals surface area contributed by atoms with Crippen LogP contribution in [0.2, 0.25) is 0 Å². The first-order valence-corrected chi connectivity index (χ1v) is 5.52. The van der Waals surface area contributed by atoms with Crippen LogP contribution in [0.4, 0.5) is 5.69 Å². The van der Waals surface area contributed by atoms with Crippen molar-refractivity contribution in [3.8, 4) is 0 Å². The van der Waals surface area contributed by atoms with Crippen LogP contribution in [0.15, 0.2) is 18.2 Å². The van der Waals surface area contributed by atoms with E-state index in [9.17, 15) is 9.90 Å². The fourth-order valence-corrected chi connectivity index (χ4v) is 1.75. The summed E-state index contributed by atoms with van der Waals surface area (Å²) in [7, 11) is 5.22. The lowest BCUT2D eigenvalue weighted by Crippen LogP contribution is -2.15. The Labute approximate surface area is 102 Å². The van der Waals surface area contributed by atoms with Crippen LogP contribution in [0.1, 0.15) is 22.8 Å². The predicted molar refractivity (Wildman–Crippen MR) is 67.5 cm³/mol. The molecule has 0 bridgehead atoms. The van der Waals surface area contributed by atoms with Gasteiger partial charge in [-0.1, -0.05) is 0 Å². The zero-order valence-corrected chi connectivity index (χ0v) is 10.7. The molecular weight excluding hydrogens is 218 g/mol. The SMILES string of the molecule is COC(=O)c1ccc(N(C)C)c(C[C@H](C)O)c1. The number of aliphatic hydroxyl groups is 1. The Morgan fingerprint density at radius 2 is 2.12 bits per heavy atom. The Balaban J connectivity index is 3.14. The first kappa shape index (κ1) is 13.5. The Morgan fingerprint density at radius 3 is 2.59 bits per heavy atom. The number of anilines is 1. The van der Waals surface area contributed by atoms with Gasteiger partial charge < -0.3 is 14.7 Å². The summed E-state index contributed by atoms with van der Waals surface area (Å²) in [6.45, 7) is 1.73. The standard InChI is InChI=1S/C13H19NO3/c1-9(15)7-11-8-10(13(16)17-4)5-6-12(11)14(2)3/h5-6,8-9,15H,7H2,1-4H3/t9-/m0/s1. The molecule has 0 saturated heterocycles. The molecule has 0 aliphatic heterocycles. The number of aliphatic hydroxyl groups excluding tert-OH is 1. The molecule has 0 radical (unpaired) electrons. The van der Waals surface area contributed by atoms with Gasteiger partial charge in [-0.05, 0) is 30.7 Å². The minimum atomic E-state index is -0.443. The lowest BCUT2D eigenvalue weighted by molar-refractivity contribution is 0.0600. The molecular formula is C13H19NO3. The summed E-state index contributed by atoms with van der Waals surface area (Å²) in [5, 5.41) is 9.46. The van der Waals surface area contributed by atoms with Crippen LogP contribution >= 0.6 is 0 Å². The fraction of sp³-hybridized carbons (Fsp3) is 0.462. The average Bonchev–Trinajstić information content (AvgIpc) is 2.26. The maximum Gasteiger partial charge on any atom is 0.337 e. The van der Waals surface area contributed by atoms with Crippen molar-refractivity contribution >= 4 is 11.7 Å². The van der Waals surface area contributed by atoms with Crippen LogP contribution in [-0.4, -0.2) is 38.4 Å². The molecule has 0 amide bonds. The molecule has 4 heteroatoms. The van der Waals surface area contributed by atoms with Crippen molar-refractivity contribution in [1.29, 1.82) is 0 Å². The number of esters is 1. The molecule has 0 heterocycles. The first-order chi connectivity index (χ1) is 7.95. The van der Waals surface area contributed by atoms with Gasteiger partial charge in [-0.25, -0.2) is 4.79 Å². The number of carbonyl (C=O) groups excluding carboxylic acids is 1. The quantitative estimate of drug-likeness (QED) is 0.805. The summed E-state index contributed by atoms with van der Waals surface area (Å²) in [5.41, 5.74) is 2.44. The Hall–Kier alpha value is -1.55. The lowest BCUT2D eigenvalue weighted by Gasteiger charge is -2.19. The van der Waals surface area contributed by atoms with Crippen molar-refractivity contribution in [1.82, 2.24) is 0 Å². The number of benzene rings is 1. The number of rotatable bonds is 4. The van der Waals surface area contributed by atoms with E-state index in [1.54, 1.807) is 19.1 Å². The fourth-order valence-electron chi connectivity index (χ4n) is 1.75. The van der Waals surface area contributed by atoms with E-state index in [2.05, 4.69) is 4.74 Å². The average molecular weight is 237 g/mol. The highest BCUT2D eigenvalue weighted by molar-refractivity contribution is 5.90. The molecule has 0 fully saturated rings. The second kappa shape index (κ2) is 5.68. The van der Waals surface area contributed by atoms with Gasteiger partial charge in [0.2, 0.25) is 0 Å². The van der Waals surface area contributed by atoms with Crippen molar-refractivity contribution in [2.45, 2.75) is 19.4 Å². The van der Waals surface area contributed by atoms with Gasteiger partial charge in [0.05, 0.1) is 18.8 Å². The van der Waals surface area contributed by atoms with Crippen LogP contribution in [0.3, 0.4) is 0 Å². The third-order valence-electron chi connectivity index (χ3n) is 2.50. The highest BCUT2D eigenvalue weighted by Gasteiger charge is 2.12. The van der Waals surface area contributed by atoms with Gasteiger partial charge in [-0.3, -0.25) is 0 Å². The third-order valence-corrected chi connectivity index (χ3v) is 2.50. The lowest BCUT2D eigenvalue weighted by atomic mass is 10.0. The van der Waals surface area contributed by atoms with E-state index in [1.807, 2.05) is 25.1 Å². The van der Waals surface area contributed by atoms with E-state index in [0.717, 1.165) is 11.3 Å². The van der Waals surface area contributed by atoms with Gasteiger partial charge in [0, 0.05) is 26.2 Å². The summed E-state index contributed by atoms with van der Waals surface area (Å²) in [6, 6.07) is 5.37. The van der Waals surface area contributed by atoms with Crippen molar-refractivity contribution in [3.05, 3.63) is 29.3 Å². The molecule has 4 nitrogen and oxygen atoms in total. The van der Waals surface area contributed by atoms with E-state index in [0.29, 0.717) is 12.0 Å². The normalized spacial score (nSPS) is 12.1. The van der Waals surface area contributed by atoms with Gasteiger partial charge in [-0.15, -0.1) is 0 Å². The van der Waals surface area contributed by atoms with E-state index >= 15 is 0 Å². The van der Waals surface area contributed by atoms with E-state index in [-0.39, 0.29) is 5.97 Å². The molecule has 1 atom stereocenters. The minimum Gasteiger partial charge on any atom is -0.465 e. The summed E-state index contributed by atoms with van der Waals surface area (Å²) in [5.74, 6) is -0.359. The molecule has 0 unspecified atom stereocenters. The second-order valence-corrected chi connectivity index (χ2v) is 4.28. The smallest absolute Gasteiger partial charge is 0.337 e. The summed E-state index contributed by atoms with van der Waals surface area (Å²) in [4.78, 5) is 13.4. The topological polar surface area (TPSA) is 49.8 Å². The van der Waals surface area contributed by atoms with Crippen LogP contribution in [-0.2, 0) is 11.2 Å². The molecule has 94 valence electrons. The molecule has 1 aromatic rings. The number of ether oxygens (including phenoxy) is 1. The van der Waals surface area contributed by atoms with Crippen LogP contribution < -0.4 is 4.90 Å². The Kier molecular flexibility index (Phi) is 4.52. The minimum absolute atomic E-state index is 0.359. The predicted octanol–water partition coefficient (Wildman–Crippen LogP) is 1.46. The van der Waals surface area contributed by atoms with Gasteiger partial charge in [0.15, 0.2) is 0 Å². The largest absolute Gasteiger partial charge is 0.465 e. The number of methoxy groups -OCH3 is 1. The van der Waals surface area contributed by atoms with E-state index < -0.39 is 6.10 Å². The maximum atomic E-state index is 11.4. The van der Waals surface area contributed by atoms with Gasteiger partial charge in [-0.2, -0.15) is 0 Å². The van der Waals surface area contributed by atoms with Crippen LogP contribution in [0.5, 0.6) is 0 Å². The summed E-state index contributed by atoms with van der Waals surface area (Å²) >= 11 is 0. The number of hydrogen-bond donors (Lipinski definition) is 1. The van der Waals surface area contributed by atoms with Crippen molar-refractivity contribution in [3.63, 3.8) is 0 Å². The zero-order chi connectivity index (χ0) is 13.0. The van der Waals surface area contributed by atoms with Gasteiger partial charge in [0.25, 0.3) is 0 Å². The monoisotopic (exact) mass is 237 g/mol. The molecule has 0 saturated carbocycles. The number of hydrogen-bond acceptors (Lipinski definition) is 4. The summed E-state index contributed by atoms with van der Waals surface area (Å²) < 4.78 is 4.68. The molecule has 0 aliphatic carbocycles. The van der Waals surface area contributed by atoms with Crippen molar-refractivity contribution < 1.29 is 14.6 Å². The molecule has 1 N–H and O–H groups in total. The number of nitrogens with zero attached hydrogens (tertiary/aromatic N) is 1. The highest BCUT2D eigenvalue weighted by Crippen LogP contribution is 2.22. The molecule has 0 aliphatic rings. The number of carbonyl (C=O) groups is 1. The van der Waals surface area contributed by atoms with Crippen LogP contribution in [0, 0.1) is 0 Å². The van der Waals surface area contributed by atoms with Gasteiger partial charge in [0.1, 0.15) is 0 Å². The highest BCUT2D eigenvalue weighted by atomic mass is 16.5. The zero-order valence-electron chi connectivity index (χ0n) is 10.7. The van der Waals surface area contributed by atoms with Crippen LogP contribution in [0.25, 0.3) is 0 Å². The molecule has 0 aromatic heterocycles. The second-order valence-electron chi connectivity index (χ2n) is 4.28. The molecule has 1 aromatic carbocycles. The first-order valence-electron chi connectivity index (χ1n) is 5.52. The van der Waals surface area contributed by atoms with E-state index in [1.165, 1.54) is 7.11 Å². The third kappa shape index (κ3) is 3.46. The van der Waals surface area contributed by atoms with Gasteiger partial charge >= 0.3 is 5.97 Å². The maximum absolute atomic E-state index is 11.4. The molecule has 17 heavy (non-hydrogen) atoms. The Morgan fingerprint density at radius 1 is 1.47 bits per heavy atom. The molecule has 1 rings (SSSR count). The van der Waals surface area contributed by atoms with Crippen molar-refractivity contribution in [2.24, 2.45) is 0 Å². The Bertz CT molecular complexity index is 400. The van der Waals surface area contributed by atoms with Crippen molar-refractivity contribution in [2.75, 3.05) is 26.1 Å².